The molecule has 2 heterocycles. The highest BCUT2D eigenvalue weighted by molar-refractivity contribution is 5.94. The lowest BCUT2D eigenvalue weighted by Gasteiger charge is -2.11. The summed E-state index contributed by atoms with van der Waals surface area (Å²) in [5, 5.41) is 9.46. The maximum atomic E-state index is 12.8. The Balaban J connectivity index is 1.51. The van der Waals surface area contributed by atoms with Crippen LogP contribution in [0.25, 0.3) is 10.9 Å². The zero-order chi connectivity index (χ0) is 22.4. The number of halogens is 3. The van der Waals surface area contributed by atoms with Crippen LogP contribution in [0.4, 0.5) is 24.8 Å². The van der Waals surface area contributed by atoms with Gasteiger partial charge in [-0.15, -0.1) is 0 Å². The number of amides is 1. The molecule has 3 N–H and O–H groups in total. The van der Waals surface area contributed by atoms with Gasteiger partial charge in [-0.3, -0.25) is 4.79 Å². The Kier molecular flexibility index (Phi) is 6.94. The zero-order valence-corrected chi connectivity index (χ0v) is 17.3. The van der Waals surface area contributed by atoms with Crippen molar-refractivity contribution in [1.82, 2.24) is 15.3 Å². The third-order valence-corrected chi connectivity index (χ3v) is 4.45. The van der Waals surface area contributed by atoms with E-state index in [-0.39, 0.29) is 5.91 Å². The van der Waals surface area contributed by atoms with Crippen molar-refractivity contribution in [2.75, 3.05) is 30.3 Å². The second kappa shape index (κ2) is 9.63. The van der Waals surface area contributed by atoms with Crippen molar-refractivity contribution in [3.63, 3.8) is 0 Å². The Hall–Kier alpha value is -3.36. The van der Waals surface area contributed by atoms with E-state index in [0.717, 1.165) is 18.7 Å². The van der Waals surface area contributed by atoms with Gasteiger partial charge in [0.05, 0.1) is 11.1 Å². The van der Waals surface area contributed by atoms with E-state index in [9.17, 15) is 18.0 Å². The lowest BCUT2D eigenvalue weighted by molar-refractivity contribution is -0.137. The smallest absolute Gasteiger partial charge is 0.370 e. The van der Waals surface area contributed by atoms with E-state index in [0.29, 0.717) is 47.1 Å². The number of carbonyl (C=O) groups is 1. The Morgan fingerprint density at radius 1 is 1.00 bits per heavy atom. The molecule has 0 unspecified atom stereocenters. The zero-order valence-electron chi connectivity index (χ0n) is 17.3. The summed E-state index contributed by atoms with van der Waals surface area (Å²) in [6.07, 6.45) is -2.80. The van der Waals surface area contributed by atoms with Gasteiger partial charge >= 0.3 is 6.18 Å². The SMILES string of the molecule is CC(C)CNc1cc(C(=O)NCCNc2ccc3cc(C(F)(F)F)ccc3n2)ccn1. The molecule has 0 aliphatic heterocycles. The number of hydrogen-bond donors (Lipinski definition) is 3. The summed E-state index contributed by atoms with van der Waals surface area (Å²) in [6.45, 7) is 5.69. The minimum atomic E-state index is -4.39. The van der Waals surface area contributed by atoms with Gasteiger partial charge in [0.2, 0.25) is 0 Å². The first kappa shape index (κ1) is 22.3. The third kappa shape index (κ3) is 6.31. The Bertz CT molecular complexity index is 1050. The van der Waals surface area contributed by atoms with E-state index in [1.54, 1.807) is 30.5 Å². The molecule has 0 aliphatic rings. The van der Waals surface area contributed by atoms with Gasteiger partial charge in [-0.1, -0.05) is 13.8 Å². The second-order valence-electron chi connectivity index (χ2n) is 7.49. The molecule has 1 aromatic carbocycles. The highest BCUT2D eigenvalue weighted by atomic mass is 19.4. The van der Waals surface area contributed by atoms with Gasteiger partial charge < -0.3 is 16.0 Å². The Labute approximate surface area is 178 Å². The molecule has 0 radical (unpaired) electrons. The molecule has 0 saturated carbocycles. The number of aromatic nitrogens is 2. The predicted octanol–water partition coefficient (Wildman–Crippen LogP) is 4.56. The average molecular weight is 431 g/mol. The topological polar surface area (TPSA) is 78.9 Å². The fourth-order valence-corrected chi connectivity index (χ4v) is 2.85. The van der Waals surface area contributed by atoms with Gasteiger partial charge in [0.1, 0.15) is 11.6 Å². The molecule has 0 atom stereocenters. The summed E-state index contributed by atoms with van der Waals surface area (Å²) in [4.78, 5) is 20.8. The van der Waals surface area contributed by atoms with Gasteiger partial charge in [-0.05, 0) is 48.4 Å². The maximum absolute atomic E-state index is 12.8. The average Bonchev–Trinajstić information content (AvgIpc) is 2.74. The Morgan fingerprint density at radius 2 is 1.81 bits per heavy atom. The van der Waals surface area contributed by atoms with Gasteiger partial charge in [0.25, 0.3) is 5.91 Å². The fraction of sp³-hybridized carbons (Fsp3) is 0.318. The van der Waals surface area contributed by atoms with E-state index >= 15 is 0 Å². The molecule has 1 amide bonds. The molecular formula is C22H24F3N5O. The normalized spacial score (nSPS) is 11.5. The molecular weight excluding hydrogens is 407 g/mol. The van der Waals surface area contributed by atoms with Crippen LogP contribution in [0.2, 0.25) is 0 Å². The van der Waals surface area contributed by atoms with Crippen LogP contribution in [-0.4, -0.2) is 35.5 Å². The van der Waals surface area contributed by atoms with E-state index in [1.807, 2.05) is 0 Å². The number of pyridine rings is 2. The quantitative estimate of drug-likeness (QED) is 0.456. The number of nitrogens with one attached hydrogen (secondary N) is 3. The molecule has 3 rings (SSSR count). The van der Waals surface area contributed by atoms with Crippen LogP contribution >= 0.6 is 0 Å². The standard InChI is InChI=1S/C22H24F3N5O/c1-14(2)13-29-20-12-16(7-8-26-20)21(31)28-10-9-27-19-6-3-15-11-17(22(23,24)25)4-5-18(15)30-19/h3-8,11-12,14H,9-10,13H2,1-2H3,(H,26,29)(H,27,30)(H,28,31). The third-order valence-electron chi connectivity index (χ3n) is 4.45. The fourth-order valence-electron chi connectivity index (χ4n) is 2.85. The molecule has 3 aromatic rings. The van der Waals surface area contributed by atoms with Crippen LogP contribution in [0.5, 0.6) is 0 Å². The van der Waals surface area contributed by atoms with Crippen LogP contribution in [-0.2, 0) is 6.18 Å². The lowest BCUT2D eigenvalue weighted by atomic mass is 10.1. The van der Waals surface area contributed by atoms with E-state index in [1.165, 1.54) is 6.07 Å². The summed E-state index contributed by atoms with van der Waals surface area (Å²) < 4.78 is 38.4. The molecule has 0 spiro atoms. The maximum Gasteiger partial charge on any atom is 0.416 e. The number of carbonyl (C=O) groups excluding carboxylic acids is 1. The number of rotatable bonds is 8. The molecule has 0 saturated heterocycles. The number of benzene rings is 1. The highest BCUT2D eigenvalue weighted by Crippen LogP contribution is 2.31. The van der Waals surface area contributed by atoms with E-state index in [4.69, 9.17) is 0 Å². The van der Waals surface area contributed by atoms with Gasteiger partial charge in [0.15, 0.2) is 0 Å². The van der Waals surface area contributed by atoms with E-state index in [2.05, 4.69) is 39.8 Å². The van der Waals surface area contributed by atoms with Crippen molar-refractivity contribution in [3.05, 3.63) is 59.8 Å². The minimum Gasteiger partial charge on any atom is -0.370 e. The molecule has 0 aliphatic carbocycles. The monoisotopic (exact) mass is 431 g/mol. The van der Waals surface area contributed by atoms with Crippen LogP contribution in [0.1, 0.15) is 29.8 Å². The molecule has 0 fully saturated rings. The first-order valence-corrected chi connectivity index (χ1v) is 9.92. The van der Waals surface area contributed by atoms with Crippen LogP contribution < -0.4 is 16.0 Å². The number of anilines is 2. The molecule has 0 bridgehead atoms. The molecule has 6 nitrogen and oxygen atoms in total. The van der Waals surface area contributed by atoms with E-state index < -0.39 is 11.7 Å². The number of nitrogens with zero attached hydrogens (tertiary/aromatic N) is 2. The summed E-state index contributed by atoms with van der Waals surface area (Å²) in [5.74, 6) is 1.41. The summed E-state index contributed by atoms with van der Waals surface area (Å²) in [7, 11) is 0. The molecule has 164 valence electrons. The summed E-state index contributed by atoms with van der Waals surface area (Å²) >= 11 is 0. The molecule has 9 heteroatoms. The number of hydrogen-bond acceptors (Lipinski definition) is 5. The Morgan fingerprint density at radius 3 is 2.55 bits per heavy atom. The largest absolute Gasteiger partial charge is 0.416 e. The predicted molar refractivity (Wildman–Crippen MR) is 115 cm³/mol. The second-order valence-corrected chi connectivity index (χ2v) is 7.49. The van der Waals surface area contributed by atoms with Crippen molar-refractivity contribution in [2.24, 2.45) is 5.92 Å². The van der Waals surface area contributed by atoms with Crippen molar-refractivity contribution in [3.8, 4) is 0 Å². The first-order valence-electron chi connectivity index (χ1n) is 9.92. The van der Waals surface area contributed by atoms with Crippen molar-refractivity contribution in [2.45, 2.75) is 20.0 Å². The van der Waals surface area contributed by atoms with Crippen molar-refractivity contribution < 1.29 is 18.0 Å². The van der Waals surface area contributed by atoms with Gasteiger partial charge in [-0.2, -0.15) is 13.2 Å². The number of alkyl halides is 3. The van der Waals surface area contributed by atoms with Crippen LogP contribution in [0.15, 0.2) is 48.7 Å². The summed E-state index contributed by atoms with van der Waals surface area (Å²) in [6, 6.07) is 9.97. The minimum absolute atomic E-state index is 0.219. The lowest BCUT2D eigenvalue weighted by Crippen LogP contribution is -2.29. The molecule has 31 heavy (non-hydrogen) atoms. The van der Waals surface area contributed by atoms with Crippen LogP contribution in [0.3, 0.4) is 0 Å². The van der Waals surface area contributed by atoms with Gasteiger partial charge in [-0.25, -0.2) is 9.97 Å². The number of fused-ring (bicyclic) bond motifs is 1. The summed E-state index contributed by atoms with van der Waals surface area (Å²) in [5.41, 5.74) is 0.259. The van der Waals surface area contributed by atoms with Crippen molar-refractivity contribution >= 4 is 28.4 Å². The van der Waals surface area contributed by atoms with Crippen molar-refractivity contribution in [1.29, 1.82) is 0 Å². The molecule has 2 aromatic heterocycles. The first-order chi connectivity index (χ1) is 14.7. The van der Waals surface area contributed by atoms with Crippen LogP contribution in [0, 0.1) is 5.92 Å². The van der Waals surface area contributed by atoms with Gasteiger partial charge in [0, 0.05) is 36.8 Å². The highest BCUT2D eigenvalue weighted by Gasteiger charge is 2.30.